The normalized spacial score (nSPS) is 11.1. The Bertz CT molecular complexity index is 1130. The van der Waals surface area contributed by atoms with Crippen LogP contribution in [0, 0.1) is 11.6 Å². The fraction of sp³-hybridized carbons (Fsp3) is 0.136. The van der Waals surface area contributed by atoms with Crippen LogP contribution in [0.15, 0.2) is 59.0 Å². The molecule has 3 aromatic carbocycles. The second-order valence-electron chi connectivity index (χ2n) is 6.59. The molecule has 28 heavy (non-hydrogen) atoms. The van der Waals surface area contributed by atoms with Crippen molar-refractivity contribution in [1.82, 2.24) is 4.98 Å². The fourth-order valence-corrected chi connectivity index (χ4v) is 3.10. The summed E-state index contributed by atoms with van der Waals surface area (Å²) in [5.74, 6) is -0.812. The van der Waals surface area contributed by atoms with Crippen molar-refractivity contribution in [3.05, 3.63) is 66.2 Å². The number of fused-ring (bicyclic) bond motifs is 1. The zero-order valence-electron chi connectivity index (χ0n) is 15.3. The van der Waals surface area contributed by atoms with Crippen LogP contribution in [0.4, 0.5) is 20.2 Å². The minimum atomic E-state index is -0.623. The van der Waals surface area contributed by atoms with Gasteiger partial charge in [0.25, 0.3) is 0 Å². The number of aromatic nitrogens is 1. The van der Waals surface area contributed by atoms with Gasteiger partial charge < -0.3 is 15.5 Å². The van der Waals surface area contributed by atoms with Crippen LogP contribution in [-0.4, -0.2) is 11.5 Å². The number of anilines is 2. The highest BCUT2D eigenvalue weighted by atomic mass is 19.1. The van der Waals surface area contributed by atoms with Gasteiger partial charge in [-0.15, -0.1) is 0 Å². The van der Waals surface area contributed by atoms with Crippen molar-refractivity contribution in [2.45, 2.75) is 13.3 Å². The Morgan fingerprint density at radius 3 is 2.50 bits per heavy atom. The highest BCUT2D eigenvalue weighted by Gasteiger charge is 2.14. The van der Waals surface area contributed by atoms with Crippen LogP contribution in [0.1, 0.15) is 13.3 Å². The molecule has 0 atom stereocenters. The van der Waals surface area contributed by atoms with Gasteiger partial charge >= 0.3 is 0 Å². The molecule has 0 spiro atoms. The predicted octanol–water partition coefficient (Wildman–Crippen LogP) is 5.84. The second-order valence-corrected chi connectivity index (χ2v) is 6.59. The van der Waals surface area contributed by atoms with Crippen LogP contribution in [0.2, 0.25) is 0 Å². The summed E-state index contributed by atoms with van der Waals surface area (Å²) in [6, 6.07) is 14.2. The molecule has 6 heteroatoms. The van der Waals surface area contributed by atoms with Crippen LogP contribution in [0.3, 0.4) is 0 Å². The van der Waals surface area contributed by atoms with E-state index in [-0.39, 0.29) is 0 Å². The Morgan fingerprint density at radius 2 is 1.75 bits per heavy atom. The quantitative estimate of drug-likeness (QED) is 0.427. The first kappa shape index (κ1) is 18.0. The topological polar surface area (TPSA) is 64.1 Å². The second kappa shape index (κ2) is 7.31. The van der Waals surface area contributed by atoms with Crippen molar-refractivity contribution in [2.75, 3.05) is 17.6 Å². The lowest BCUT2D eigenvalue weighted by molar-refractivity contribution is 0.584. The third-order valence-electron chi connectivity index (χ3n) is 4.42. The van der Waals surface area contributed by atoms with E-state index >= 15 is 0 Å². The molecule has 4 rings (SSSR count). The summed E-state index contributed by atoms with van der Waals surface area (Å²) in [6.07, 6.45) is 0.977. The zero-order valence-corrected chi connectivity index (χ0v) is 15.3. The van der Waals surface area contributed by atoms with Gasteiger partial charge in [-0.2, -0.15) is 0 Å². The van der Waals surface area contributed by atoms with Gasteiger partial charge in [0.05, 0.1) is 5.56 Å². The van der Waals surface area contributed by atoms with Gasteiger partial charge in [-0.1, -0.05) is 13.0 Å². The molecule has 1 aromatic heterocycles. The van der Waals surface area contributed by atoms with E-state index in [0.717, 1.165) is 30.3 Å². The monoisotopic (exact) mass is 379 g/mol. The lowest BCUT2D eigenvalue weighted by Gasteiger charge is -2.09. The van der Waals surface area contributed by atoms with Gasteiger partial charge in [0, 0.05) is 24.0 Å². The van der Waals surface area contributed by atoms with Crippen LogP contribution in [0.25, 0.3) is 33.7 Å². The van der Waals surface area contributed by atoms with E-state index in [1.807, 2.05) is 18.2 Å². The Balaban J connectivity index is 1.78. The summed E-state index contributed by atoms with van der Waals surface area (Å²) in [5.41, 5.74) is 10.5. The molecule has 0 aliphatic rings. The number of nitrogens with one attached hydrogen (secondary N) is 1. The predicted molar refractivity (Wildman–Crippen MR) is 108 cm³/mol. The van der Waals surface area contributed by atoms with E-state index in [0.29, 0.717) is 33.8 Å². The third-order valence-corrected chi connectivity index (χ3v) is 4.42. The number of nitrogens with zero attached hydrogens (tertiary/aromatic N) is 1. The molecule has 142 valence electrons. The van der Waals surface area contributed by atoms with Gasteiger partial charge in [0.15, 0.2) is 5.58 Å². The van der Waals surface area contributed by atoms with Crippen molar-refractivity contribution < 1.29 is 13.2 Å². The molecule has 4 aromatic rings. The molecule has 0 saturated heterocycles. The lowest BCUT2D eigenvalue weighted by atomic mass is 10.1. The molecule has 0 fully saturated rings. The fourth-order valence-electron chi connectivity index (χ4n) is 3.10. The number of halogens is 2. The molecule has 0 aliphatic heterocycles. The maximum atomic E-state index is 13.5. The van der Waals surface area contributed by atoms with E-state index in [1.54, 1.807) is 18.2 Å². The van der Waals surface area contributed by atoms with E-state index < -0.39 is 11.6 Å². The smallest absolute Gasteiger partial charge is 0.229 e. The standard InChI is InChI=1S/C22H19F2N3O/c1-2-7-26-19-5-4-17(25)12-18(19)22-27-20-10-13(3-6-21(20)28-22)14-8-15(23)11-16(24)9-14/h3-6,8-12,26H,2,7,25H2,1H3. The Morgan fingerprint density at radius 1 is 0.964 bits per heavy atom. The van der Waals surface area contributed by atoms with Crippen LogP contribution in [0.5, 0.6) is 0 Å². The van der Waals surface area contributed by atoms with Gasteiger partial charge in [-0.3, -0.25) is 0 Å². The Kier molecular flexibility index (Phi) is 4.69. The molecule has 0 aliphatic carbocycles. The number of hydrogen-bond donors (Lipinski definition) is 2. The van der Waals surface area contributed by atoms with E-state index in [4.69, 9.17) is 10.2 Å². The maximum absolute atomic E-state index is 13.5. The first-order chi connectivity index (χ1) is 13.5. The summed E-state index contributed by atoms with van der Waals surface area (Å²) in [5, 5.41) is 3.34. The largest absolute Gasteiger partial charge is 0.436 e. The number of rotatable bonds is 5. The third kappa shape index (κ3) is 3.53. The first-order valence-electron chi connectivity index (χ1n) is 9.04. The molecule has 1 heterocycles. The minimum absolute atomic E-state index is 0.434. The number of nitrogen functional groups attached to an aromatic ring is 1. The van der Waals surface area contributed by atoms with E-state index in [2.05, 4.69) is 17.2 Å². The van der Waals surface area contributed by atoms with Gasteiger partial charge in [-0.05, 0) is 60.0 Å². The SMILES string of the molecule is CCCNc1ccc(N)cc1-c1nc2cc(-c3cc(F)cc(F)c3)ccc2o1. The molecular formula is C22H19F2N3O. The zero-order chi connectivity index (χ0) is 19.7. The number of hydrogen-bond acceptors (Lipinski definition) is 4. The highest BCUT2D eigenvalue weighted by molar-refractivity contribution is 5.85. The van der Waals surface area contributed by atoms with Crippen molar-refractivity contribution >= 4 is 22.5 Å². The number of nitrogens with two attached hydrogens (primary N) is 1. The number of oxazole rings is 1. The van der Waals surface area contributed by atoms with Crippen LogP contribution < -0.4 is 11.1 Å². The summed E-state index contributed by atoms with van der Waals surface area (Å²) in [4.78, 5) is 4.57. The maximum Gasteiger partial charge on any atom is 0.229 e. The van der Waals surface area contributed by atoms with E-state index in [1.165, 1.54) is 12.1 Å². The molecule has 0 bridgehead atoms. The summed E-state index contributed by atoms with van der Waals surface area (Å²) >= 11 is 0. The van der Waals surface area contributed by atoms with Crippen LogP contribution in [-0.2, 0) is 0 Å². The summed E-state index contributed by atoms with van der Waals surface area (Å²) in [6.45, 7) is 2.90. The van der Waals surface area contributed by atoms with E-state index in [9.17, 15) is 8.78 Å². The Hall–Kier alpha value is -3.41. The highest BCUT2D eigenvalue weighted by Crippen LogP contribution is 2.33. The molecule has 0 saturated carbocycles. The van der Waals surface area contributed by atoms with Crippen molar-refractivity contribution in [2.24, 2.45) is 0 Å². The van der Waals surface area contributed by atoms with Gasteiger partial charge in [0.1, 0.15) is 17.2 Å². The first-order valence-corrected chi connectivity index (χ1v) is 9.04. The molecular weight excluding hydrogens is 360 g/mol. The van der Waals surface area contributed by atoms with Crippen LogP contribution >= 0.6 is 0 Å². The minimum Gasteiger partial charge on any atom is -0.436 e. The number of benzene rings is 3. The molecule has 0 radical (unpaired) electrons. The summed E-state index contributed by atoms with van der Waals surface area (Å²) in [7, 11) is 0. The van der Waals surface area contributed by atoms with Gasteiger partial charge in [0.2, 0.25) is 5.89 Å². The Labute approximate surface area is 161 Å². The molecule has 4 nitrogen and oxygen atoms in total. The van der Waals surface area contributed by atoms with Crippen molar-refractivity contribution in [1.29, 1.82) is 0 Å². The molecule has 0 amide bonds. The molecule has 0 unspecified atom stereocenters. The summed E-state index contributed by atoms with van der Waals surface area (Å²) < 4.78 is 33.0. The molecule has 3 N–H and O–H groups in total. The average Bonchev–Trinajstić information content (AvgIpc) is 3.09. The van der Waals surface area contributed by atoms with Crippen molar-refractivity contribution in [3.63, 3.8) is 0 Å². The van der Waals surface area contributed by atoms with Crippen molar-refractivity contribution in [3.8, 4) is 22.6 Å². The average molecular weight is 379 g/mol. The van der Waals surface area contributed by atoms with Gasteiger partial charge in [-0.25, -0.2) is 13.8 Å². The lowest BCUT2D eigenvalue weighted by Crippen LogP contribution is -2.02.